The molecule has 1 aromatic heterocycles. The van der Waals surface area contributed by atoms with Crippen molar-refractivity contribution in [2.45, 2.75) is 32.2 Å². The van der Waals surface area contributed by atoms with Crippen molar-refractivity contribution >= 4 is 17.5 Å². The van der Waals surface area contributed by atoms with Gasteiger partial charge in [-0.25, -0.2) is 9.37 Å². The van der Waals surface area contributed by atoms with Crippen molar-refractivity contribution in [1.29, 1.82) is 0 Å². The zero-order valence-corrected chi connectivity index (χ0v) is 13.0. The lowest BCUT2D eigenvalue weighted by atomic mass is 10.1. The highest BCUT2D eigenvalue weighted by Crippen LogP contribution is 2.18. The van der Waals surface area contributed by atoms with Crippen molar-refractivity contribution < 1.29 is 9.18 Å². The van der Waals surface area contributed by atoms with Crippen molar-refractivity contribution in [3.8, 4) is 0 Å². The van der Waals surface area contributed by atoms with E-state index in [9.17, 15) is 9.18 Å². The maximum Gasteiger partial charge on any atom is 0.255 e. The van der Waals surface area contributed by atoms with E-state index in [1.54, 1.807) is 12.5 Å². The molecule has 1 amide bonds. The number of unbranched alkanes of at least 4 members (excludes halogenated alkanes) is 3. The van der Waals surface area contributed by atoms with Gasteiger partial charge in [-0.2, -0.15) is 0 Å². The number of hydrogen-bond acceptors (Lipinski definition) is 2. The summed E-state index contributed by atoms with van der Waals surface area (Å²) in [5.74, 6) is -1.05. The molecule has 0 aliphatic heterocycles. The number of amides is 1. The van der Waals surface area contributed by atoms with Crippen molar-refractivity contribution in [1.82, 2.24) is 14.9 Å². The predicted molar refractivity (Wildman–Crippen MR) is 84.4 cm³/mol. The zero-order chi connectivity index (χ0) is 15.8. The number of carbonyl (C=O) groups excluding carboxylic acids is 1. The number of halogens is 2. The Kier molecular flexibility index (Phi) is 6.40. The van der Waals surface area contributed by atoms with Crippen LogP contribution in [0.1, 0.15) is 36.0 Å². The van der Waals surface area contributed by atoms with Crippen LogP contribution in [0.5, 0.6) is 0 Å². The average molecular weight is 324 g/mol. The van der Waals surface area contributed by atoms with E-state index >= 15 is 0 Å². The van der Waals surface area contributed by atoms with E-state index in [4.69, 9.17) is 11.6 Å². The topological polar surface area (TPSA) is 46.9 Å². The fourth-order valence-corrected chi connectivity index (χ4v) is 2.45. The summed E-state index contributed by atoms with van der Waals surface area (Å²) in [6, 6.07) is 4.22. The van der Waals surface area contributed by atoms with E-state index < -0.39 is 11.7 Å². The Morgan fingerprint density at radius 2 is 2.09 bits per heavy atom. The summed E-state index contributed by atoms with van der Waals surface area (Å²) in [6.45, 7) is 1.48. The number of aryl methyl sites for hydroxylation is 1. The van der Waals surface area contributed by atoms with E-state index in [1.807, 2.05) is 10.8 Å². The van der Waals surface area contributed by atoms with Crippen LogP contribution in [0.15, 0.2) is 36.9 Å². The van der Waals surface area contributed by atoms with Crippen molar-refractivity contribution in [3.05, 3.63) is 53.3 Å². The fourth-order valence-electron chi connectivity index (χ4n) is 2.20. The first-order valence-electron chi connectivity index (χ1n) is 7.36. The summed E-state index contributed by atoms with van der Waals surface area (Å²) in [5.41, 5.74) is -0.0794. The molecule has 1 N–H and O–H groups in total. The zero-order valence-electron chi connectivity index (χ0n) is 12.3. The van der Waals surface area contributed by atoms with Crippen LogP contribution < -0.4 is 5.32 Å². The van der Waals surface area contributed by atoms with E-state index in [0.717, 1.165) is 32.2 Å². The monoisotopic (exact) mass is 323 g/mol. The van der Waals surface area contributed by atoms with Crippen LogP contribution in [0.4, 0.5) is 4.39 Å². The fraction of sp³-hybridized carbons (Fsp3) is 0.375. The van der Waals surface area contributed by atoms with E-state index in [1.165, 1.54) is 18.2 Å². The molecule has 0 fully saturated rings. The summed E-state index contributed by atoms with van der Waals surface area (Å²) in [5, 5.41) is 2.84. The third-order valence-corrected chi connectivity index (χ3v) is 3.69. The van der Waals surface area contributed by atoms with Crippen LogP contribution in [0.2, 0.25) is 5.02 Å². The maximum absolute atomic E-state index is 13.6. The van der Waals surface area contributed by atoms with Gasteiger partial charge in [0.2, 0.25) is 0 Å². The van der Waals surface area contributed by atoms with Crippen molar-refractivity contribution in [2.75, 3.05) is 6.54 Å². The second-order valence-electron chi connectivity index (χ2n) is 5.07. The Labute approximate surface area is 134 Å². The lowest BCUT2D eigenvalue weighted by Gasteiger charge is -2.07. The molecular weight excluding hydrogens is 305 g/mol. The van der Waals surface area contributed by atoms with Crippen LogP contribution in [0.3, 0.4) is 0 Å². The second kappa shape index (κ2) is 8.54. The van der Waals surface area contributed by atoms with Gasteiger partial charge in [-0.3, -0.25) is 4.79 Å². The average Bonchev–Trinajstić information content (AvgIpc) is 2.99. The first-order chi connectivity index (χ1) is 10.7. The largest absolute Gasteiger partial charge is 0.352 e. The smallest absolute Gasteiger partial charge is 0.255 e. The van der Waals surface area contributed by atoms with Crippen molar-refractivity contribution in [2.24, 2.45) is 0 Å². The molecule has 2 aromatic rings. The highest BCUT2D eigenvalue weighted by molar-refractivity contribution is 6.33. The highest BCUT2D eigenvalue weighted by atomic mass is 35.5. The molecule has 4 nitrogen and oxygen atoms in total. The summed E-state index contributed by atoms with van der Waals surface area (Å²) in [6.07, 6.45) is 9.54. The van der Waals surface area contributed by atoms with Crippen LogP contribution in [-0.4, -0.2) is 22.0 Å². The van der Waals surface area contributed by atoms with Crippen LogP contribution in [0, 0.1) is 5.82 Å². The molecule has 0 saturated heterocycles. The SMILES string of the molecule is O=C(NCCCCCCn1ccnc1)c1c(F)cccc1Cl. The van der Waals surface area contributed by atoms with Crippen LogP contribution in [-0.2, 0) is 6.54 Å². The summed E-state index contributed by atoms with van der Waals surface area (Å²) in [7, 11) is 0. The molecule has 0 radical (unpaired) electrons. The van der Waals surface area contributed by atoms with Gasteiger partial charge in [0.15, 0.2) is 0 Å². The van der Waals surface area contributed by atoms with Gasteiger partial charge in [0.1, 0.15) is 5.82 Å². The Morgan fingerprint density at radius 1 is 1.27 bits per heavy atom. The van der Waals surface area contributed by atoms with Gasteiger partial charge in [-0.1, -0.05) is 30.5 Å². The van der Waals surface area contributed by atoms with Gasteiger partial charge in [0.05, 0.1) is 16.9 Å². The standard InChI is InChI=1S/C16H19ClFN3O/c17-13-6-5-7-14(18)15(13)16(22)20-8-3-1-2-4-10-21-11-9-19-12-21/h5-7,9,11-12H,1-4,8,10H2,(H,20,22). The minimum absolute atomic E-state index is 0.0794. The molecule has 1 aromatic carbocycles. The molecule has 0 aliphatic rings. The van der Waals surface area contributed by atoms with Crippen LogP contribution >= 0.6 is 11.6 Å². The number of aromatic nitrogens is 2. The summed E-state index contributed by atoms with van der Waals surface area (Å²) < 4.78 is 15.6. The molecule has 118 valence electrons. The Bertz CT molecular complexity index is 581. The molecule has 0 saturated carbocycles. The number of rotatable bonds is 8. The molecular formula is C16H19ClFN3O. The summed E-state index contributed by atoms with van der Waals surface area (Å²) in [4.78, 5) is 15.9. The molecule has 0 aliphatic carbocycles. The van der Waals surface area contributed by atoms with E-state index in [2.05, 4.69) is 10.3 Å². The first-order valence-corrected chi connectivity index (χ1v) is 7.74. The quantitative estimate of drug-likeness (QED) is 0.753. The lowest BCUT2D eigenvalue weighted by molar-refractivity contribution is 0.0949. The first kappa shape index (κ1) is 16.5. The van der Waals surface area contributed by atoms with Gasteiger partial charge >= 0.3 is 0 Å². The Hall–Kier alpha value is -1.88. The lowest BCUT2D eigenvalue weighted by Crippen LogP contribution is -2.25. The van der Waals surface area contributed by atoms with E-state index in [0.29, 0.717) is 6.54 Å². The Balaban J connectivity index is 1.61. The molecule has 6 heteroatoms. The maximum atomic E-state index is 13.6. The molecule has 2 rings (SSSR count). The molecule has 22 heavy (non-hydrogen) atoms. The minimum atomic E-state index is -0.592. The van der Waals surface area contributed by atoms with Gasteiger partial charge < -0.3 is 9.88 Å². The van der Waals surface area contributed by atoms with Crippen LogP contribution in [0.25, 0.3) is 0 Å². The van der Waals surface area contributed by atoms with Gasteiger partial charge in [0, 0.05) is 25.5 Å². The van der Waals surface area contributed by atoms with Gasteiger partial charge in [-0.05, 0) is 25.0 Å². The molecule has 1 heterocycles. The third kappa shape index (κ3) is 4.84. The number of imidazole rings is 1. The molecule has 0 spiro atoms. The van der Waals surface area contributed by atoms with E-state index in [-0.39, 0.29) is 10.6 Å². The van der Waals surface area contributed by atoms with Gasteiger partial charge in [0.25, 0.3) is 5.91 Å². The minimum Gasteiger partial charge on any atom is -0.352 e. The third-order valence-electron chi connectivity index (χ3n) is 3.38. The molecule has 0 atom stereocenters. The van der Waals surface area contributed by atoms with Crippen molar-refractivity contribution in [3.63, 3.8) is 0 Å². The normalized spacial score (nSPS) is 10.6. The number of carbonyl (C=O) groups is 1. The number of nitrogens with one attached hydrogen (secondary N) is 1. The Morgan fingerprint density at radius 3 is 2.82 bits per heavy atom. The number of nitrogens with zero attached hydrogens (tertiary/aromatic N) is 2. The summed E-state index contributed by atoms with van der Waals surface area (Å²) >= 11 is 5.85. The molecule has 0 bridgehead atoms. The highest BCUT2D eigenvalue weighted by Gasteiger charge is 2.14. The number of hydrogen-bond donors (Lipinski definition) is 1. The second-order valence-corrected chi connectivity index (χ2v) is 5.47. The van der Waals surface area contributed by atoms with Gasteiger partial charge in [-0.15, -0.1) is 0 Å². The number of benzene rings is 1. The molecule has 0 unspecified atom stereocenters. The predicted octanol–water partition coefficient (Wildman–Crippen LogP) is 3.67.